The van der Waals surface area contributed by atoms with Crippen LogP contribution in [0.1, 0.15) is 110 Å². The van der Waals surface area contributed by atoms with E-state index in [1.165, 1.54) is 37.7 Å². The van der Waals surface area contributed by atoms with Gasteiger partial charge >= 0.3 is 5.97 Å². The van der Waals surface area contributed by atoms with Gasteiger partial charge in [-0.3, -0.25) is 14.4 Å². The SMILES string of the molecule is CCc1cc2cc(C(=O)N(CC(=O)OC)C(C)C)ccn2c1C(=O)c1ccc(C(N)CC(C)(C)C2CCCC2)cc1. The van der Waals surface area contributed by atoms with E-state index < -0.39 is 5.97 Å². The fourth-order valence-electron chi connectivity index (χ4n) is 6.33. The lowest BCUT2D eigenvalue weighted by molar-refractivity contribution is -0.141. The highest BCUT2D eigenvalue weighted by Crippen LogP contribution is 2.44. The maximum Gasteiger partial charge on any atom is 0.325 e. The molecule has 2 heterocycles. The summed E-state index contributed by atoms with van der Waals surface area (Å²) in [5, 5.41) is 0. The number of ether oxygens (including phenoxy) is 1. The number of esters is 1. The number of methoxy groups -OCH3 is 1. The van der Waals surface area contributed by atoms with Gasteiger partial charge in [0.25, 0.3) is 5.91 Å². The molecule has 0 bridgehead atoms. The van der Waals surface area contributed by atoms with Crippen LogP contribution in [0.5, 0.6) is 0 Å². The smallest absolute Gasteiger partial charge is 0.325 e. The number of nitrogens with two attached hydrogens (primary N) is 1. The number of hydrogen-bond donors (Lipinski definition) is 1. The number of rotatable bonds is 11. The summed E-state index contributed by atoms with van der Waals surface area (Å²) < 4.78 is 6.62. The van der Waals surface area contributed by atoms with Gasteiger partial charge in [0.2, 0.25) is 5.78 Å². The molecule has 2 N–H and O–H groups in total. The molecule has 1 saturated carbocycles. The maximum absolute atomic E-state index is 13.8. The van der Waals surface area contributed by atoms with Crippen LogP contribution in [0.3, 0.4) is 0 Å². The van der Waals surface area contributed by atoms with Crippen molar-refractivity contribution in [2.45, 2.75) is 85.2 Å². The second kappa shape index (κ2) is 12.6. The third-order valence-electron chi connectivity index (χ3n) is 8.91. The number of carbonyl (C=O) groups is 3. The van der Waals surface area contributed by atoms with E-state index >= 15 is 0 Å². The zero-order valence-corrected chi connectivity index (χ0v) is 25.4. The van der Waals surface area contributed by atoms with Gasteiger partial charge in [-0.05, 0) is 80.2 Å². The lowest BCUT2D eigenvalue weighted by Crippen LogP contribution is -2.41. The second-order valence-corrected chi connectivity index (χ2v) is 12.4. The third-order valence-corrected chi connectivity index (χ3v) is 8.91. The number of benzene rings is 1. The minimum atomic E-state index is -0.471. The Morgan fingerprint density at radius 2 is 1.71 bits per heavy atom. The number of amides is 1. The number of aromatic nitrogens is 1. The molecule has 0 spiro atoms. The standard InChI is InChI=1S/C34H45N3O4/c1-7-23-18-28-19-26(33(40)37(22(2)3)21-30(38)41-6)16-17-36(28)31(23)32(39)25-14-12-24(13-15-25)29(35)20-34(4,5)27-10-8-9-11-27/h12-19,22,27,29H,7-11,20-21,35H2,1-6H3. The van der Waals surface area contributed by atoms with Crippen LogP contribution in [0, 0.1) is 11.3 Å². The number of nitrogens with zero attached hydrogens (tertiary/aromatic N) is 2. The van der Waals surface area contributed by atoms with Gasteiger partial charge in [-0.25, -0.2) is 0 Å². The first-order chi connectivity index (χ1) is 19.5. The van der Waals surface area contributed by atoms with Crippen molar-refractivity contribution in [3.8, 4) is 0 Å². The van der Waals surface area contributed by atoms with Crippen LogP contribution < -0.4 is 5.73 Å². The number of hydrogen-bond acceptors (Lipinski definition) is 5. The van der Waals surface area contributed by atoms with Crippen molar-refractivity contribution in [2.24, 2.45) is 17.1 Å². The second-order valence-electron chi connectivity index (χ2n) is 12.4. The lowest BCUT2D eigenvalue weighted by Gasteiger charge is -2.34. The van der Waals surface area contributed by atoms with Gasteiger partial charge < -0.3 is 19.8 Å². The molecular weight excluding hydrogens is 514 g/mol. The molecule has 1 aliphatic carbocycles. The molecule has 0 aliphatic heterocycles. The summed E-state index contributed by atoms with van der Waals surface area (Å²) in [6, 6.07) is 12.9. The van der Waals surface area contributed by atoms with Crippen molar-refractivity contribution < 1.29 is 19.1 Å². The van der Waals surface area contributed by atoms with Crippen molar-refractivity contribution in [1.82, 2.24) is 9.30 Å². The predicted octanol–water partition coefficient (Wildman–Crippen LogP) is 6.36. The molecule has 1 atom stereocenters. The molecule has 7 heteroatoms. The Morgan fingerprint density at radius 1 is 1.05 bits per heavy atom. The van der Waals surface area contributed by atoms with Crippen molar-refractivity contribution in [2.75, 3.05) is 13.7 Å². The Balaban J connectivity index is 1.57. The molecular formula is C34H45N3O4. The quantitative estimate of drug-likeness (QED) is 0.218. The number of carbonyl (C=O) groups excluding carboxylic acids is 3. The van der Waals surface area contributed by atoms with E-state index in [9.17, 15) is 14.4 Å². The van der Waals surface area contributed by atoms with Crippen LogP contribution in [0.15, 0.2) is 48.7 Å². The molecule has 1 aromatic carbocycles. The summed E-state index contributed by atoms with van der Waals surface area (Å²) in [6.07, 6.45) is 8.57. The lowest BCUT2D eigenvalue weighted by atomic mass is 9.72. The zero-order chi connectivity index (χ0) is 29.9. The molecule has 4 rings (SSSR count). The Kier molecular flexibility index (Phi) is 9.37. The van der Waals surface area contributed by atoms with E-state index in [-0.39, 0.29) is 35.7 Å². The van der Waals surface area contributed by atoms with Gasteiger partial charge in [0.1, 0.15) is 6.54 Å². The van der Waals surface area contributed by atoms with E-state index in [1.807, 2.05) is 55.5 Å². The summed E-state index contributed by atoms with van der Waals surface area (Å²) in [5.74, 6) is -0.0759. The van der Waals surface area contributed by atoms with Crippen molar-refractivity contribution in [1.29, 1.82) is 0 Å². The van der Waals surface area contributed by atoms with Crippen molar-refractivity contribution in [3.63, 3.8) is 0 Å². The molecule has 3 aromatic rings. The highest BCUT2D eigenvalue weighted by molar-refractivity contribution is 6.10. The summed E-state index contributed by atoms with van der Waals surface area (Å²) in [6.45, 7) is 10.3. The normalized spacial score (nSPS) is 14.9. The molecule has 2 aromatic heterocycles. The van der Waals surface area contributed by atoms with Crippen LogP contribution in [0.2, 0.25) is 0 Å². The summed E-state index contributed by atoms with van der Waals surface area (Å²) in [4.78, 5) is 40.4. The molecule has 41 heavy (non-hydrogen) atoms. The molecule has 1 fully saturated rings. The Hall–Kier alpha value is -3.45. The summed E-state index contributed by atoms with van der Waals surface area (Å²) in [7, 11) is 1.31. The van der Waals surface area contributed by atoms with E-state index in [2.05, 4.69) is 13.8 Å². The third kappa shape index (κ3) is 6.56. The fourth-order valence-corrected chi connectivity index (χ4v) is 6.33. The van der Waals surface area contributed by atoms with E-state index in [1.54, 1.807) is 18.3 Å². The highest BCUT2D eigenvalue weighted by Gasteiger charge is 2.33. The van der Waals surface area contributed by atoms with Gasteiger partial charge in [0.05, 0.1) is 12.8 Å². The molecule has 0 radical (unpaired) electrons. The minimum Gasteiger partial charge on any atom is -0.468 e. The monoisotopic (exact) mass is 559 g/mol. The molecule has 7 nitrogen and oxygen atoms in total. The predicted molar refractivity (Wildman–Crippen MR) is 162 cm³/mol. The fraction of sp³-hybridized carbons (Fsp3) is 0.500. The first-order valence-corrected chi connectivity index (χ1v) is 14.9. The van der Waals surface area contributed by atoms with Gasteiger partial charge in [0.15, 0.2) is 0 Å². The first kappa shape index (κ1) is 30.5. The van der Waals surface area contributed by atoms with E-state index in [0.29, 0.717) is 23.2 Å². The number of pyridine rings is 1. The van der Waals surface area contributed by atoms with Crippen LogP contribution in [0.25, 0.3) is 5.52 Å². The topological polar surface area (TPSA) is 94.1 Å². The van der Waals surface area contributed by atoms with Crippen LogP contribution in [-0.4, -0.2) is 46.7 Å². The zero-order valence-electron chi connectivity index (χ0n) is 25.4. The number of aryl methyl sites for hydroxylation is 1. The van der Waals surface area contributed by atoms with Gasteiger partial charge in [-0.15, -0.1) is 0 Å². The average Bonchev–Trinajstić information content (AvgIpc) is 3.63. The van der Waals surface area contributed by atoms with E-state index in [4.69, 9.17) is 10.5 Å². The van der Waals surface area contributed by atoms with Crippen molar-refractivity contribution >= 4 is 23.2 Å². The molecule has 0 saturated heterocycles. The molecule has 1 amide bonds. The Morgan fingerprint density at radius 3 is 2.29 bits per heavy atom. The van der Waals surface area contributed by atoms with Crippen LogP contribution >= 0.6 is 0 Å². The van der Waals surface area contributed by atoms with E-state index in [0.717, 1.165) is 29.0 Å². The summed E-state index contributed by atoms with van der Waals surface area (Å²) in [5.41, 5.74) is 11.2. The average molecular weight is 560 g/mol. The molecule has 1 aliphatic rings. The highest BCUT2D eigenvalue weighted by atomic mass is 16.5. The maximum atomic E-state index is 13.8. The number of fused-ring (bicyclic) bond motifs is 1. The number of ketones is 1. The largest absolute Gasteiger partial charge is 0.468 e. The summed E-state index contributed by atoms with van der Waals surface area (Å²) >= 11 is 0. The minimum absolute atomic E-state index is 0.0677. The molecule has 1 unspecified atom stereocenters. The first-order valence-electron chi connectivity index (χ1n) is 14.9. The van der Waals surface area contributed by atoms with Crippen LogP contribution in [-0.2, 0) is 16.0 Å². The van der Waals surface area contributed by atoms with Gasteiger partial charge in [0, 0.05) is 34.9 Å². The van der Waals surface area contributed by atoms with Crippen molar-refractivity contribution in [3.05, 3.63) is 76.6 Å². The Labute approximate surface area is 244 Å². The van der Waals surface area contributed by atoms with Gasteiger partial charge in [-0.1, -0.05) is 57.9 Å². The molecule has 220 valence electrons. The Bertz CT molecular complexity index is 1400. The van der Waals surface area contributed by atoms with Crippen LogP contribution in [0.4, 0.5) is 0 Å². The van der Waals surface area contributed by atoms with Gasteiger partial charge in [-0.2, -0.15) is 0 Å².